The summed E-state index contributed by atoms with van der Waals surface area (Å²) in [6.45, 7) is 1.70. The van der Waals surface area contributed by atoms with Crippen LogP contribution in [0.1, 0.15) is 41.6 Å². The van der Waals surface area contributed by atoms with Crippen LogP contribution in [0.2, 0.25) is 0 Å². The van der Waals surface area contributed by atoms with E-state index in [2.05, 4.69) is 4.98 Å². The number of amides is 1. The zero-order valence-electron chi connectivity index (χ0n) is 14.2. The summed E-state index contributed by atoms with van der Waals surface area (Å²) >= 11 is 0. The van der Waals surface area contributed by atoms with Gasteiger partial charge in [0.1, 0.15) is 17.7 Å². The number of hydrogen-bond donors (Lipinski definition) is 0. The summed E-state index contributed by atoms with van der Waals surface area (Å²) in [7, 11) is 0. The first-order valence-corrected chi connectivity index (χ1v) is 8.77. The summed E-state index contributed by atoms with van der Waals surface area (Å²) in [4.78, 5) is 18.9. The van der Waals surface area contributed by atoms with Gasteiger partial charge in [0.15, 0.2) is 0 Å². The highest BCUT2D eigenvalue weighted by atomic mass is 19.1. The maximum absolute atomic E-state index is 13.8. The molecule has 4 rings (SSSR count). The zero-order chi connectivity index (χ0) is 17.4. The average Bonchev–Trinajstić information content (AvgIpc) is 2.88. The van der Waals surface area contributed by atoms with Gasteiger partial charge < -0.3 is 9.64 Å². The highest BCUT2D eigenvalue weighted by Gasteiger charge is 2.44. The number of fused-ring (bicyclic) bond motifs is 2. The Balaban J connectivity index is 1.48. The number of aryl methyl sites for hydroxylation is 1. The molecule has 2 unspecified atom stereocenters. The Morgan fingerprint density at radius 2 is 2.00 bits per heavy atom. The van der Waals surface area contributed by atoms with Crippen molar-refractivity contribution in [3.05, 3.63) is 59.7 Å². The van der Waals surface area contributed by atoms with Crippen LogP contribution in [0.25, 0.3) is 0 Å². The summed E-state index contributed by atoms with van der Waals surface area (Å²) in [6.07, 6.45) is 7.12. The number of carbonyl (C=O) groups excluding carboxylic acids is 1. The number of piperidine rings is 1. The van der Waals surface area contributed by atoms with E-state index < -0.39 is 0 Å². The Kier molecular flexibility index (Phi) is 4.15. The molecule has 2 atom stereocenters. The van der Waals surface area contributed by atoms with Gasteiger partial charge in [0.2, 0.25) is 0 Å². The van der Waals surface area contributed by atoms with Gasteiger partial charge in [0, 0.05) is 36.7 Å². The van der Waals surface area contributed by atoms with Crippen LogP contribution < -0.4 is 4.74 Å². The molecule has 4 nitrogen and oxygen atoms in total. The first kappa shape index (κ1) is 16.1. The molecule has 1 amide bonds. The summed E-state index contributed by atoms with van der Waals surface area (Å²) in [5.74, 6) is 0.381. The molecule has 0 N–H and O–H groups in total. The van der Waals surface area contributed by atoms with Crippen LogP contribution in [-0.2, 0) is 0 Å². The van der Waals surface area contributed by atoms with Crippen LogP contribution in [0.15, 0.2) is 42.7 Å². The van der Waals surface area contributed by atoms with Crippen LogP contribution in [0, 0.1) is 12.7 Å². The van der Waals surface area contributed by atoms with Crippen molar-refractivity contribution in [2.45, 2.75) is 50.8 Å². The molecular weight excluding hydrogens is 319 g/mol. The summed E-state index contributed by atoms with van der Waals surface area (Å²) in [5.41, 5.74) is 0.995. The quantitative estimate of drug-likeness (QED) is 0.855. The van der Waals surface area contributed by atoms with Crippen LogP contribution in [0.3, 0.4) is 0 Å². The van der Waals surface area contributed by atoms with Gasteiger partial charge in [-0.1, -0.05) is 6.07 Å². The second-order valence-electron chi connectivity index (χ2n) is 6.96. The molecule has 2 aromatic rings. The minimum Gasteiger partial charge on any atom is -0.489 e. The Labute approximate surface area is 146 Å². The molecule has 0 aliphatic carbocycles. The van der Waals surface area contributed by atoms with Gasteiger partial charge in [-0.15, -0.1) is 0 Å². The Morgan fingerprint density at radius 3 is 2.64 bits per heavy atom. The van der Waals surface area contributed by atoms with E-state index in [1.165, 1.54) is 6.07 Å². The highest BCUT2D eigenvalue weighted by molar-refractivity contribution is 5.95. The van der Waals surface area contributed by atoms with Gasteiger partial charge in [-0.25, -0.2) is 4.39 Å². The normalized spacial score (nSPS) is 25.0. The monoisotopic (exact) mass is 340 g/mol. The van der Waals surface area contributed by atoms with Crippen LogP contribution in [0.5, 0.6) is 5.75 Å². The molecule has 3 heterocycles. The number of halogens is 1. The molecule has 130 valence electrons. The van der Waals surface area contributed by atoms with E-state index in [1.54, 1.807) is 31.5 Å². The summed E-state index contributed by atoms with van der Waals surface area (Å²) < 4.78 is 19.9. The lowest BCUT2D eigenvalue weighted by Gasteiger charge is -2.39. The smallest absolute Gasteiger partial charge is 0.254 e. The molecule has 0 spiro atoms. The number of rotatable bonds is 3. The number of pyridine rings is 1. The molecule has 2 aliphatic rings. The fourth-order valence-electron chi connectivity index (χ4n) is 4.04. The molecule has 2 bridgehead atoms. The molecule has 1 aromatic carbocycles. The first-order valence-electron chi connectivity index (χ1n) is 8.77. The molecule has 0 saturated carbocycles. The second kappa shape index (κ2) is 6.47. The number of benzene rings is 1. The molecule has 0 radical (unpaired) electrons. The predicted octanol–water partition coefficient (Wildman–Crippen LogP) is 3.74. The van der Waals surface area contributed by atoms with Gasteiger partial charge in [-0.05, 0) is 49.6 Å². The van der Waals surface area contributed by atoms with E-state index in [0.717, 1.165) is 31.4 Å². The maximum atomic E-state index is 13.8. The minimum atomic E-state index is -0.326. The molecule has 25 heavy (non-hydrogen) atoms. The van der Waals surface area contributed by atoms with Crippen LogP contribution >= 0.6 is 0 Å². The fourth-order valence-corrected chi connectivity index (χ4v) is 4.04. The topological polar surface area (TPSA) is 42.4 Å². The Hall–Kier alpha value is -2.43. The SMILES string of the molecule is Cc1ccc(C(=O)N2C3CCC2CC(Oc2cccnc2)C3)cc1F. The van der Waals surface area contributed by atoms with E-state index >= 15 is 0 Å². The molecule has 2 saturated heterocycles. The third-order valence-corrected chi connectivity index (χ3v) is 5.28. The number of hydrogen-bond acceptors (Lipinski definition) is 3. The van der Waals surface area contributed by atoms with Crippen molar-refractivity contribution in [3.63, 3.8) is 0 Å². The molecule has 2 aliphatic heterocycles. The second-order valence-corrected chi connectivity index (χ2v) is 6.96. The van der Waals surface area contributed by atoms with Crippen LogP contribution in [0.4, 0.5) is 4.39 Å². The van der Waals surface area contributed by atoms with Crippen molar-refractivity contribution in [1.82, 2.24) is 9.88 Å². The van der Waals surface area contributed by atoms with Gasteiger partial charge in [0.25, 0.3) is 5.91 Å². The average molecular weight is 340 g/mol. The van der Waals surface area contributed by atoms with E-state index in [9.17, 15) is 9.18 Å². The number of carbonyl (C=O) groups is 1. The van der Waals surface area contributed by atoms with Gasteiger partial charge in [-0.2, -0.15) is 0 Å². The van der Waals surface area contributed by atoms with Crippen molar-refractivity contribution in [2.24, 2.45) is 0 Å². The fraction of sp³-hybridized carbons (Fsp3) is 0.400. The maximum Gasteiger partial charge on any atom is 0.254 e. The highest BCUT2D eigenvalue weighted by Crippen LogP contribution is 2.38. The molecule has 1 aromatic heterocycles. The summed E-state index contributed by atoms with van der Waals surface area (Å²) in [5, 5.41) is 0. The predicted molar refractivity (Wildman–Crippen MR) is 92.0 cm³/mol. The molecule has 5 heteroatoms. The van der Waals surface area contributed by atoms with Crippen molar-refractivity contribution in [2.75, 3.05) is 0 Å². The largest absolute Gasteiger partial charge is 0.489 e. The molecular formula is C20H21FN2O2. The number of ether oxygens (including phenoxy) is 1. The van der Waals surface area contributed by atoms with Gasteiger partial charge in [-0.3, -0.25) is 9.78 Å². The third-order valence-electron chi connectivity index (χ3n) is 5.28. The molecule has 2 fully saturated rings. The Morgan fingerprint density at radius 1 is 1.24 bits per heavy atom. The standard InChI is InChI=1S/C20H21FN2O2/c1-13-4-5-14(9-19(13)21)20(24)23-15-6-7-16(23)11-18(10-15)25-17-3-2-8-22-12-17/h2-5,8-9,12,15-16,18H,6-7,10-11H2,1H3. The van der Waals surface area contributed by atoms with E-state index in [-0.39, 0.29) is 29.9 Å². The van der Waals surface area contributed by atoms with E-state index in [0.29, 0.717) is 11.1 Å². The lowest BCUT2D eigenvalue weighted by atomic mass is 9.98. The lowest BCUT2D eigenvalue weighted by molar-refractivity contribution is 0.0357. The van der Waals surface area contributed by atoms with Gasteiger partial charge >= 0.3 is 0 Å². The van der Waals surface area contributed by atoms with Crippen molar-refractivity contribution >= 4 is 5.91 Å². The van der Waals surface area contributed by atoms with Crippen molar-refractivity contribution in [1.29, 1.82) is 0 Å². The number of nitrogens with zero attached hydrogens (tertiary/aromatic N) is 2. The zero-order valence-corrected chi connectivity index (χ0v) is 14.2. The first-order chi connectivity index (χ1) is 12.1. The summed E-state index contributed by atoms with van der Waals surface area (Å²) in [6, 6.07) is 8.83. The lowest BCUT2D eigenvalue weighted by Crippen LogP contribution is -2.49. The van der Waals surface area contributed by atoms with Crippen molar-refractivity contribution in [3.8, 4) is 5.75 Å². The van der Waals surface area contributed by atoms with E-state index in [1.807, 2.05) is 17.0 Å². The Bertz CT molecular complexity index is 767. The van der Waals surface area contributed by atoms with Gasteiger partial charge in [0.05, 0.1) is 6.20 Å². The van der Waals surface area contributed by atoms with Crippen LogP contribution in [-0.4, -0.2) is 34.0 Å². The van der Waals surface area contributed by atoms with Crippen molar-refractivity contribution < 1.29 is 13.9 Å². The number of aromatic nitrogens is 1. The van der Waals surface area contributed by atoms with E-state index in [4.69, 9.17) is 4.74 Å². The third kappa shape index (κ3) is 3.11. The minimum absolute atomic E-state index is 0.0637.